The summed E-state index contributed by atoms with van der Waals surface area (Å²) in [5.74, 6) is -0.849. The lowest BCUT2D eigenvalue weighted by Gasteiger charge is -2.09. The Bertz CT molecular complexity index is 483. The minimum atomic E-state index is -0.872. The Morgan fingerprint density at radius 3 is 2.95 bits per heavy atom. The number of hydrogen-bond donors (Lipinski definition) is 2. The number of carboxylic acids is 1. The second-order valence-electron chi connectivity index (χ2n) is 4.61. The number of rotatable bonds is 7. The van der Waals surface area contributed by atoms with Crippen molar-refractivity contribution in [1.29, 1.82) is 0 Å². The standard InChI is InChI=1S/C12H17N3O3S/c1-8-6-13-12(19-7-11(17)18)15(8)5-4-10(16)14-9-2-3-9/h6,9H,2-5,7H2,1H3,(H,14,16)(H,17,18). The van der Waals surface area contributed by atoms with Crippen molar-refractivity contribution in [1.82, 2.24) is 14.9 Å². The Morgan fingerprint density at radius 2 is 2.32 bits per heavy atom. The zero-order chi connectivity index (χ0) is 13.8. The van der Waals surface area contributed by atoms with Gasteiger partial charge in [0.1, 0.15) is 0 Å². The van der Waals surface area contributed by atoms with Crippen LogP contribution in [0.4, 0.5) is 0 Å². The number of imidazole rings is 1. The van der Waals surface area contributed by atoms with Crippen LogP contribution in [-0.4, -0.2) is 38.3 Å². The van der Waals surface area contributed by atoms with Crippen LogP contribution < -0.4 is 5.32 Å². The largest absolute Gasteiger partial charge is 0.481 e. The van der Waals surface area contributed by atoms with E-state index < -0.39 is 5.97 Å². The van der Waals surface area contributed by atoms with Crippen LogP contribution >= 0.6 is 11.8 Å². The third kappa shape index (κ3) is 4.27. The number of nitrogens with zero attached hydrogens (tertiary/aromatic N) is 2. The van der Waals surface area contributed by atoms with Crippen molar-refractivity contribution in [2.45, 2.75) is 43.9 Å². The van der Waals surface area contributed by atoms with E-state index in [0.717, 1.165) is 18.5 Å². The smallest absolute Gasteiger partial charge is 0.313 e. The van der Waals surface area contributed by atoms with Crippen LogP contribution in [0.2, 0.25) is 0 Å². The first-order chi connectivity index (χ1) is 9.06. The Kier molecular flexibility index (Phi) is 4.47. The molecule has 0 bridgehead atoms. The quantitative estimate of drug-likeness (QED) is 0.730. The first-order valence-corrected chi connectivity index (χ1v) is 7.21. The van der Waals surface area contributed by atoms with E-state index in [1.165, 1.54) is 11.8 Å². The molecule has 1 aliphatic rings. The first-order valence-electron chi connectivity index (χ1n) is 6.22. The molecule has 1 saturated carbocycles. The van der Waals surface area contributed by atoms with E-state index in [9.17, 15) is 9.59 Å². The molecule has 0 atom stereocenters. The van der Waals surface area contributed by atoms with Crippen LogP contribution in [0.5, 0.6) is 0 Å². The molecule has 2 N–H and O–H groups in total. The van der Waals surface area contributed by atoms with E-state index in [0.29, 0.717) is 24.2 Å². The molecule has 0 unspecified atom stereocenters. The van der Waals surface area contributed by atoms with Crippen molar-refractivity contribution in [3.05, 3.63) is 11.9 Å². The highest BCUT2D eigenvalue weighted by Gasteiger charge is 2.23. The normalized spacial score (nSPS) is 14.4. The second-order valence-corrected chi connectivity index (χ2v) is 5.55. The second kappa shape index (κ2) is 6.10. The van der Waals surface area contributed by atoms with Crippen molar-refractivity contribution in [2.75, 3.05) is 5.75 Å². The fourth-order valence-electron chi connectivity index (χ4n) is 1.69. The van der Waals surface area contributed by atoms with E-state index in [1.54, 1.807) is 6.20 Å². The van der Waals surface area contributed by atoms with Crippen LogP contribution in [0.3, 0.4) is 0 Å². The van der Waals surface area contributed by atoms with Crippen molar-refractivity contribution in [2.24, 2.45) is 0 Å². The summed E-state index contributed by atoms with van der Waals surface area (Å²) in [5.41, 5.74) is 0.937. The summed E-state index contributed by atoms with van der Waals surface area (Å²) in [6.45, 7) is 2.43. The van der Waals surface area contributed by atoms with Gasteiger partial charge in [0.15, 0.2) is 5.16 Å². The maximum atomic E-state index is 11.6. The Morgan fingerprint density at radius 1 is 1.58 bits per heavy atom. The Hall–Kier alpha value is -1.50. The number of carboxylic acid groups (broad SMARTS) is 1. The maximum Gasteiger partial charge on any atom is 0.313 e. The molecule has 19 heavy (non-hydrogen) atoms. The summed E-state index contributed by atoms with van der Waals surface area (Å²) in [6, 6.07) is 0.372. The monoisotopic (exact) mass is 283 g/mol. The lowest BCUT2D eigenvalue weighted by molar-refractivity contribution is -0.134. The third-order valence-electron chi connectivity index (χ3n) is 2.85. The zero-order valence-corrected chi connectivity index (χ0v) is 11.6. The lowest BCUT2D eigenvalue weighted by Crippen LogP contribution is -2.26. The number of nitrogens with one attached hydrogen (secondary N) is 1. The molecule has 1 heterocycles. The number of thioether (sulfide) groups is 1. The third-order valence-corrected chi connectivity index (χ3v) is 3.82. The van der Waals surface area contributed by atoms with Gasteiger partial charge >= 0.3 is 5.97 Å². The van der Waals surface area contributed by atoms with Gasteiger partial charge < -0.3 is 15.0 Å². The van der Waals surface area contributed by atoms with Gasteiger partial charge in [-0.2, -0.15) is 0 Å². The minimum Gasteiger partial charge on any atom is -0.481 e. The number of carbonyl (C=O) groups excluding carboxylic acids is 1. The van der Waals surface area contributed by atoms with Gasteiger partial charge in [-0.15, -0.1) is 0 Å². The Balaban J connectivity index is 1.88. The lowest BCUT2D eigenvalue weighted by atomic mass is 10.3. The van der Waals surface area contributed by atoms with Gasteiger partial charge in [0.05, 0.1) is 5.75 Å². The molecule has 0 saturated heterocycles. The summed E-state index contributed by atoms with van der Waals surface area (Å²) in [5, 5.41) is 12.3. The predicted octanol–water partition coefficient (Wildman–Crippen LogP) is 1.04. The van der Waals surface area contributed by atoms with Crippen LogP contribution in [0.1, 0.15) is 25.0 Å². The van der Waals surface area contributed by atoms with Crippen LogP contribution in [0.15, 0.2) is 11.4 Å². The fraction of sp³-hybridized carbons (Fsp3) is 0.583. The highest BCUT2D eigenvalue weighted by Crippen LogP contribution is 2.20. The zero-order valence-electron chi connectivity index (χ0n) is 10.8. The molecular weight excluding hydrogens is 266 g/mol. The van der Waals surface area contributed by atoms with Gasteiger partial charge in [0, 0.05) is 30.9 Å². The molecule has 0 aliphatic heterocycles. The number of aliphatic carboxylic acids is 1. The molecule has 1 aliphatic carbocycles. The average molecular weight is 283 g/mol. The van der Waals surface area contributed by atoms with Gasteiger partial charge in [-0.05, 0) is 19.8 Å². The number of amides is 1. The van der Waals surface area contributed by atoms with Crippen LogP contribution in [0.25, 0.3) is 0 Å². The molecule has 0 radical (unpaired) electrons. The summed E-state index contributed by atoms with van der Waals surface area (Å²) in [4.78, 5) is 26.4. The molecule has 7 heteroatoms. The molecule has 6 nitrogen and oxygen atoms in total. The fourth-order valence-corrected chi connectivity index (χ4v) is 2.46. The molecule has 1 fully saturated rings. The SMILES string of the molecule is Cc1cnc(SCC(=O)O)n1CCC(=O)NC1CC1. The van der Waals surface area contributed by atoms with Crippen LogP contribution in [0, 0.1) is 6.92 Å². The van der Waals surface area contributed by atoms with Crippen molar-refractivity contribution in [3.63, 3.8) is 0 Å². The summed E-state index contributed by atoms with van der Waals surface area (Å²) < 4.78 is 1.89. The molecule has 0 aromatic carbocycles. The molecule has 1 aromatic rings. The van der Waals surface area contributed by atoms with E-state index >= 15 is 0 Å². The molecule has 1 amide bonds. The number of aromatic nitrogens is 2. The van der Waals surface area contributed by atoms with E-state index in [1.807, 2.05) is 11.5 Å². The summed E-state index contributed by atoms with van der Waals surface area (Å²) in [6.07, 6.45) is 4.25. The number of carbonyl (C=O) groups is 2. The van der Waals surface area contributed by atoms with Gasteiger partial charge in [0.25, 0.3) is 0 Å². The highest BCUT2D eigenvalue weighted by atomic mass is 32.2. The van der Waals surface area contributed by atoms with Gasteiger partial charge in [0.2, 0.25) is 5.91 Å². The van der Waals surface area contributed by atoms with E-state index in [4.69, 9.17) is 5.11 Å². The van der Waals surface area contributed by atoms with Crippen molar-refractivity contribution >= 4 is 23.6 Å². The summed E-state index contributed by atoms with van der Waals surface area (Å²) >= 11 is 1.17. The van der Waals surface area contributed by atoms with Gasteiger partial charge in [-0.3, -0.25) is 9.59 Å². The van der Waals surface area contributed by atoms with E-state index in [-0.39, 0.29) is 11.7 Å². The molecule has 104 valence electrons. The topological polar surface area (TPSA) is 84.2 Å². The number of aryl methyl sites for hydroxylation is 1. The average Bonchev–Trinajstić information content (AvgIpc) is 3.08. The maximum absolute atomic E-state index is 11.6. The Labute approximate surface area is 115 Å². The van der Waals surface area contributed by atoms with E-state index in [2.05, 4.69) is 10.3 Å². The van der Waals surface area contributed by atoms with Gasteiger partial charge in [-0.25, -0.2) is 4.98 Å². The molecule has 1 aromatic heterocycles. The molecular formula is C12H17N3O3S. The first kappa shape index (κ1) is 13.9. The highest BCUT2D eigenvalue weighted by molar-refractivity contribution is 7.99. The van der Waals surface area contributed by atoms with Crippen molar-refractivity contribution in [3.8, 4) is 0 Å². The minimum absolute atomic E-state index is 0.0231. The number of hydrogen-bond acceptors (Lipinski definition) is 4. The van der Waals surface area contributed by atoms with Gasteiger partial charge in [-0.1, -0.05) is 11.8 Å². The summed E-state index contributed by atoms with van der Waals surface area (Å²) in [7, 11) is 0. The van der Waals surface area contributed by atoms with Crippen molar-refractivity contribution < 1.29 is 14.7 Å². The molecule has 2 rings (SSSR count). The molecule has 0 spiro atoms. The van der Waals surface area contributed by atoms with Crippen LogP contribution in [-0.2, 0) is 16.1 Å². The predicted molar refractivity (Wildman–Crippen MR) is 71.1 cm³/mol.